The molecule has 1 aromatic heterocycles. The number of amides is 1. The van der Waals surface area contributed by atoms with Crippen molar-refractivity contribution >= 4 is 5.91 Å². The van der Waals surface area contributed by atoms with Crippen LogP contribution in [0.4, 0.5) is 0 Å². The Bertz CT molecular complexity index is 662. The number of carbonyl (C=O) groups excluding carboxylic acids is 1. The van der Waals surface area contributed by atoms with Crippen molar-refractivity contribution in [1.82, 2.24) is 15.1 Å². The van der Waals surface area contributed by atoms with Gasteiger partial charge >= 0.3 is 0 Å². The molecule has 2 aromatic rings. The molecule has 0 bridgehead atoms. The fourth-order valence-electron chi connectivity index (χ4n) is 2.50. The SMILES string of the molecule is CCOc1ccccc1C(=O)NCc1c(C)nn(CC)c1C. The molecule has 0 saturated heterocycles. The minimum atomic E-state index is -0.132. The molecule has 0 fully saturated rings. The van der Waals surface area contributed by atoms with Crippen molar-refractivity contribution in [3.63, 3.8) is 0 Å². The lowest BCUT2D eigenvalue weighted by Crippen LogP contribution is -2.24. The molecule has 22 heavy (non-hydrogen) atoms. The van der Waals surface area contributed by atoms with Crippen molar-refractivity contribution in [2.24, 2.45) is 0 Å². The number of carbonyl (C=O) groups is 1. The average molecular weight is 301 g/mol. The van der Waals surface area contributed by atoms with Crippen LogP contribution in [0.1, 0.15) is 41.2 Å². The quantitative estimate of drug-likeness (QED) is 0.892. The smallest absolute Gasteiger partial charge is 0.255 e. The summed E-state index contributed by atoms with van der Waals surface area (Å²) in [5, 5.41) is 7.43. The number of benzene rings is 1. The van der Waals surface area contributed by atoms with E-state index in [9.17, 15) is 4.79 Å². The Hall–Kier alpha value is -2.30. The maximum atomic E-state index is 12.4. The summed E-state index contributed by atoms with van der Waals surface area (Å²) in [6, 6.07) is 7.28. The predicted octanol–water partition coefficient (Wildman–Crippen LogP) is 2.85. The van der Waals surface area contributed by atoms with Crippen LogP contribution in [-0.2, 0) is 13.1 Å². The Morgan fingerprint density at radius 1 is 1.27 bits per heavy atom. The minimum Gasteiger partial charge on any atom is -0.493 e. The molecule has 1 amide bonds. The van der Waals surface area contributed by atoms with E-state index in [0.717, 1.165) is 23.5 Å². The highest BCUT2D eigenvalue weighted by atomic mass is 16.5. The van der Waals surface area contributed by atoms with E-state index in [1.54, 1.807) is 6.07 Å². The Morgan fingerprint density at radius 3 is 2.64 bits per heavy atom. The van der Waals surface area contributed by atoms with Gasteiger partial charge < -0.3 is 10.1 Å². The van der Waals surface area contributed by atoms with Gasteiger partial charge in [-0.05, 0) is 39.8 Å². The molecule has 0 atom stereocenters. The largest absolute Gasteiger partial charge is 0.493 e. The molecule has 0 spiro atoms. The number of ether oxygens (including phenoxy) is 1. The van der Waals surface area contributed by atoms with Gasteiger partial charge in [-0.1, -0.05) is 12.1 Å². The maximum absolute atomic E-state index is 12.4. The first-order valence-corrected chi connectivity index (χ1v) is 7.61. The molecule has 5 nitrogen and oxygen atoms in total. The van der Waals surface area contributed by atoms with Crippen LogP contribution in [0.3, 0.4) is 0 Å². The van der Waals surface area contributed by atoms with Crippen molar-refractivity contribution in [2.75, 3.05) is 6.61 Å². The second-order valence-corrected chi connectivity index (χ2v) is 5.08. The van der Waals surface area contributed by atoms with Crippen LogP contribution in [0, 0.1) is 13.8 Å². The van der Waals surface area contributed by atoms with Gasteiger partial charge in [0.05, 0.1) is 17.9 Å². The molecule has 2 rings (SSSR count). The van der Waals surface area contributed by atoms with Gasteiger partial charge in [-0.2, -0.15) is 5.10 Å². The van der Waals surface area contributed by atoms with Gasteiger partial charge in [0.25, 0.3) is 5.91 Å². The number of hydrogen-bond acceptors (Lipinski definition) is 3. The highest BCUT2D eigenvalue weighted by Gasteiger charge is 2.15. The zero-order chi connectivity index (χ0) is 16.1. The molecule has 118 valence electrons. The van der Waals surface area contributed by atoms with Crippen molar-refractivity contribution in [3.05, 3.63) is 46.8 Å². The van der Waals surface area contributed by atoms with E-state index in [4.69, 9.17) is 4.74 Å². The van der Waals surface area contributed by atoms with Crippen LogP contribution in [0.15, 0.2) is 24.3 Å². The van der Waals surface area contributed by atoms with E-state index < -0.39 is 0 Å². The van der Waals surface area contributed by atoms with E-state index in [2.05, 4.69) is 17.3 Å². The number of rotatable bonds is 6. The van der Waals surface area contributed by atoms with Gasteiger partial charge in [-0.15, -0.1) is 0 Å². The molecule has 0 saturated carbocycles. The van der Waals surface area contributed by atoms with Crippen LogP contribution in [0.5, 0.6) is 5.75 Å². The second kappa shape index (κ2) is 7.11. The van der Waals surface area contributed by atoms with Gasteiger partial charge in [0.15, 0.2) is 0 Å². The first-order valence-electron chi connectivity index (χ1n) is 7.61. The number of para-hydroxylation sites is 1. The van der Waals surface area contributed by atoms with E-state index in [0.29, 0.717) is 24.5 Å². The van der Waals surface area contributed by atoms with Crippen LogP contribution in [0.25, 0.3) is 0 Å². The third kappa shape index (κ3) is 3.30. The molecule has 1 N–H and O–H groups in total. The number of hydrogen-bond donors (Lipinski definition) is 1. The van der Waals surface area contributed by atoms with Gasteiger partial charge in [-0.25, -0.2) is 0 Å². The average Bonchev–Trinajstić information content (AvgIpc) is 2.80. The first-order chi connectivity index (χ1) is 10.6. The monoisotopic (exact) mass is 301 g/mol. The van der Waals surface area contributed by atoms with E-state index in [1.165, 1.54) is 0 Å². The van der Waals surface area contributed by atoms with Crippen molar-refractivity contribution in [1.29, 1.82) is 0 Å². The molecule has 0 aliphatic carbocycles. The molecule has 0 aliphatic heterocycles. The van der Waals surface area contributed by atoms with Crippen LogP contribution in [0.2, 0.25) is 0 Å². The summed E-state index contributed by atoms with van der Waals surface area (Å²) < 4.78 is 7.45. The zero-order valence-electron chi connectivity index (χ0n) is 13.6. The summed E-state index contributed by atoms with van der Waals surface area (Å²) >= 11 is 0. The highest BCUT2D eigenvalue weighted by molar-refractivity contribution is 5.96. The molecule has 0 radical (unpaired) electrons. The summed E-state index contributed by atoms with van der Waals surface area (Å²) in [5.41, 5.74) is 3.68. The lowest BCUT2D eigenvalue weighted by Gasteiger charge is -2.10. The fourth-order valence-corrected chi connectivity index (χ4v) is 2.50. The Labute approximate surface area is 131 Å². The molecule has 1 aromatic carbocycles. The molecular weight excluding hydrogens is 278 g/mol. The molecule has 5 heteroatoms. The van der Waals surface area contributed by atoms with E-state index in [1.807, 2.05) is 43.7 Å². The standard InChI is InChI=1S/C17H23N3O2/c1-5-20-13(4)15(12(3)19-20)11-18-17(21)14-9-7-8-10-16(14)22-6-2/h7-10H,5-6,11H2,1-4H3,(H,18,21). The van der Waals surface area contributed by atoms with Crippen molar-refractivity contribution in [2.45, 2.75) is 40.8 Å². The van der Waals surface area contributed by atoms with E-state index >= 15 is 0 Å². The van der Waals surface area contributed by atoms with Crippen LogP contribution in [-0.4, -0.2) is 22.3 Å². The summed E-state index contributed by atoms with van der Waals surface area (Å²) in [4.78, 5) is 12.4. The van der Waals surface area contributed by atoms with Gasteiger partial charge in [0.1, 0.15) is 5.75 Å². The number of aromatic nitrogens is 2. The normalized spacial score (nSPS) is 10.5. The molecular formula is C17H23N3O2. The molecule has 0 unspecified atom stereocenters. The Balaban J connectivity index is 2.12. The maximum Gasteiger partial charge on any atom is 0.255 e. The summed E-state index contributed by atoms with van der Waals surface area (Å²) in [7, 11) is 0. The summed E-state index contributed by atoms with van der Waals surface area (Å²) in [5.74, 6) is 0.479. The van der Waals surface area contributed by atoms with Crippen LogP contribution >= 0.6 is 0 Å². The minimum absolute atomic E-state index is 0.132. The number of nitrogens with one attached hydrogen (secondary N) is 1. The number of nitrogens with zero attached hydrogens (tertiary/aromatic N) is 2. The third-order valence-electron chi connectivity index (χ3n) is 3.69. The Kier molecular flexibility index (Phi) is 5.20. The molecule has 1 heterocycles. The second-order valence-electron chi connectivity index (χ2n) is 5.08. The first kappa shape index (κ1) is 16.1. The highest BCUT2D eigenvalue weighted by Crippen LogP contribution is 2.18. The third-order valence-corrected chi connectivity index (χ3v) is 3.69. The predicted molar refractivity (Wildman–Crippen MR) is 86.2 cm³/mol. The number of aryl methyl sites for hydroxylation is 2. The van der Waals surface area contributed by atoms with Gasteiger partial charge in [-0.3, -0.25) is 9.48 Å². The van der Waals surface area contributed by atoms with Gasteiger partial charge in [0, 0.05) is 24.3 Å². The van der Waals surface area contributed by atoms with Crippen molar-refractivity contribution < 1.29 is 9.53 Å². The van der Waals surface area contributed by atoms with Gasteiger partial charge in [0.2, 0.25) is 0 Å². The Morgan fingerprint density at radius 2 is 2.00 bits per heavy atom. The lowest BCUT2D eigenvalue weighted by atomic mass is 10.1. The fraction of sp³-hybridized carbons (Fsp3) is 0.412. The topological polar surface area (TPSA) is 56.1 Å². The van der Waals surface area contributed by atoms with Crippen LogP contribution < -0.4 is 10.1 Å². The van der Waals surface area contributed by atoms with E-state index in [-0.39, 0.29) is 5.91 Å². The lowest BCUT2D eigenvalue weighted by molar-refractivity contribution is 0.0947. The zero-order valence-corrected chi connectivity index (χ0v) is 13.6. The summed E-state index contributed by atoms with van der Waals surface area (Å²) in [6.07, 6.45) is 0. The van der Waals surface area contributed by atoms with Crippen molar-refractivity contribution in [3.8, 4) is 5.75 Å². The summed E-state index contributed by atoms with van der Waals surface area (Å²) in [6.45, 7) is 9.78. The molecule has 0 aliphatic rings.